The van der Waals surface area contributed by atoms with E-state index in [-0.39, 0.29) is 10.8 Å². The Morgan fingerprint density at radius 3 is 2.32 bits per heavy atom. The van der Waals surface area contributed by atoms with Gasteiger partial charge in [-0.1, -0.05) is 4.47 Å². The van der Waals surface area contributed by atoms with Crippen LogP contribution in [0.25, 0.3) is 0 Å². The number of hydrogen-bond donors (Lipinski definition) is 0. The second kappa shape index (κ2) is 8.05. The number of hydroxylamine groups is 1. The standard InChI is InChI=1S/C16H18BrN3O4S/c1-4-20(15-10-7-13(17)11-18-15)16(21)12-5-8-14(9-6-12)25(22,23)19(2)24-3/h5-11H,4H2,1-3H3. The van der Waals surface area contributed by atoms with Crippen molar-refractivity contribution in [3.8, 4) is 0 Å². The second-order valence-electron chi connectivity index (χ2n) is 5.01. The largest absolute Gasteiger partial charge is 0.293 e. The monoisotopic (exact) mass is 427 g/mol. The van der Waals surface area contributed by atoms with E-state index in [0.717, 1.165) is 8.94 Å². The molecule has 0 aliphatic rings. The number of rotatable bonds is 6. The summed E-state index contributed by atoms with van der Waals surface area (Å²) in [5.74, 6) is 0.257. The third-order valence-corrected chi connectivity index (χ3v) is 5.71. The molecule has 0 N–H and O–H groups in total. The quantitative estimate of drug-likeness (QED) is 0.661. The number of hydrogen-bond acceptors (Lipinski definition) is 5. The Balaban J connectivity index is 2.29. The summed E-state index contributed by atoms with van der Waals surface area (Å²) in [5.41, 5.74) is 0.366. The molecule has 0 fully saturated rings. The lowest BCUT2D eigenvalue weighted by molar-refractivity contribution is -0.0258. The molecule has 1 aromatic heterocycles. The Kier molecular flexibility index (Phi) is 6.28. The van der Waals surface area contributed by atoms with E-state index in [0.29, 0.717) is 17.9 Å². The molecule has 2 aromatic rings. The van der Waals surface area contributed by atoms with Crippen LogP contribution >= 0.6 is 15.9 Å². The molecule has 0 saturated heterocycles. The first kappa shape index (κ1) is 19.5. The summed E-state index contributed by atoms with van der Waals surface area (Å²) < 4.78 is 25.9. The van der Waals surface area contributed by atoms with E-state index in [9.17, 15) is 13.2 Å². The Bertz CT molecular complexity index is 839. The average molecular weight is 428 g/mol. The molecule has 0 aliphatic heterocycles. The van der Waals surface area contributed by atoms with Gasteiger partial charge in [-0.15, -0.1) is 0 Å². The van der Waals surface area contributed by atoms with E-state index in [4.69, 9.17) is 4.84 Å². The predicted octanol–water partition coefficient (Wildman–Crippen LogP) is 2.69. The topological polar surface area (TPSA) is 79.8 Å². The molecule has 0 saturated carbocycles. The minimum atomic E-state index is -3.75. The van der Waals surface area contributed by atoms with Gasteiger partial charge in [0.2, 0.25) is 0 Å². The number of amides is 1. The molecule has 134 valence electrons. The highest BCUT2D eigenvalue weighted by Gasteiger charge is 2.22. The van der Waals surface area contributed by atoms with E-state index in [1.165, 1.54) is 43.3 Å². The summed E-state index contributed by atoms with van der Waals surface area (Å²) in [6, 6.07) is 9.23. The molecule has 0 atom stereocenters. The zero-order valence-corrected chi connectivity index (χ0v) is 16.4. The van der Waals surface area contributed by atoms with Crippen LogP contribution in [0.5, 0.6) is 0 Å². The highest BCUT2D eigenvalue weighted by molar-refractivity contribution is 9.10. The number of benzene rings is 1. The van der Waals surface area contributed by atoms with Crippen molar-refractivity contribution in [3.63, 3.8) is 0 Å². The molecule has 0 aliphatic carbocycles. The van der Waals surface area contributed by atoms with Crippen molar-refractivity contribution in [2.45, 2.75) is 11.8 Å². The first-order valence-electron chi connectivity index (χ1n) is 7.37. The molecule has 1 heterocycles. The number of anilines is 1. The fraction of sp³-hybridized carbons (Fsp3) is 0.250. The second-order valence-corrected chi connectivity index (χ2v) is 7.86. The number of nitrogens with zero attached hydrogens (tertiary/aromatic N) is 3. The molecule has 2 rings (SSSR count). The fourth-order valence-electron chi connectivity index (χ4n) is 2.11. The van der Waals surface area contributed by atoms with E-state index in [1.807, 2.05) is 6.92 Å². The molecule has 0 unspecified atom stereocenters. The lowest BCUT2D eigenvalue weighted by atomic mass is 10.2. The average Bonchev–Trinajstić information content (AvgIpc) is 2.63. The zero-order chi connectivity index (χ0) is 18.6. The van der Waals surface area contributed by atoms with E-state index >= 15 is 0 Å². The van der Waals surface area contributed by atoms with Gasteiger partial charge in [-0.3, -0.25) is 14.5 Å². The first-order chi connectivity index (χ1) is 11.8. The molecule has 7 nitrogen and oxygen atoms in total. The summed E-state index contributed by atoms with van der Waals surface area (Å²) in [7, 11) is -1.18. The van der Waals surface area contributed by atoms with Crippen molar-refractivity contribution in [2.24, 2.45) is 0 Å². The number of carbonyl (C=O) groups excluding carboxylic acids is 1. The van der Waals surface area contributed by atoms with Crippen LogP contribution in [0.3, 0.4) is 0 Å². The molecule has 1 amide bonds. The van der Waals surface area contributed by atoms with Crippen molar-refractivity contribution < 1.29 is 18.0 Å². The first-order valence-corrected chi connectivity index (χ1v) is 9.61. The summed E-state index contributed by atoms with van der Waals surface area (Å²) in [4.78, 5) is 23.2. The lowest BCUT2D eigenvalue weighted by Crippen LogP contribution is -2.31. The molecule has 25 heavy (non-hydrogen) atoms. The van der Waals surface area contributed by atoms with Crippen LogP contribution in [-0.2, 0) is 14.9 Å². The van der Waals surface area contributed by atoms with Crippen LogP contribution in [0.2, 0.25) is 0 Å². The highest BCUT2D eigenvalue weighted by Crippen LogP contribution is 2.19. The Morgan fingerprint density at radius 1 is 1.20 bits per heavy atom. The summed E-state index contributed by atoms with van der Waals surface area (Å²) in [6.45, 7) is 2.27. The molecule has 1 aromatic carbocycles. The van der Waals surface area contributed by atoms with Crippen molar-refractivity contribution >= 4 is 37.7 Å². The third kappa shape index (κ3) is 4.24. The lowest BCUT2D eigenvalue weighted by Gasteiger charge is -2.20. The van der Waals surface area contributed by atoms with Gasteiger partial charge in [0.15, 0.2) is 0 Å². The van der Waals surface area contributed by atoms with Gasteiger partial charge in [0.05, 0.1) is 12.0 Å². The van der Waals surface area contributed by atoms with Gasteiger partial charge in [-0.2, -0.15) is 0 Å². The minimum Gasteiger partial charge on any atom is -0.293 e. The molecule has 0 radical (unpaired) electrons. The number of carbonyl (C=O) groups is 1. The Morgan fingerprint density at radius 2 is 1.84 bits per heavy atom. The third-order valence-electron chi connectivity index (χ3n) is 3.54. The van der Waals surface area contributed by atoms with Crippen LogP contribution < -0.4 is 4.90 Å². The molecule has 9 heteroatoms. The molecule has 0 bridgehead atoms. The Labute approximate surface area is 155 Å². The summed E-state index contributed by atoms with van der Waals surface area (Å²) >= 11 is 3.31. The number of pyridine rings is 1. The summed E-state index contributed by atoms with van der Waals surface area (Å²) in [6.07, 6.45) is 1.61. The fourth-order valence-corrected chi connectivity index (χ4v) is 3.32. The molecule has 0 spiro atoms. The smallest absolute Gasteiger partial charge is 0.264 e. The maximum atomic E-state index is 12.7. The summed E-state index contributed by atoms with van der Waals surface area (Å²) in [5, 5.41) is 0. The van der Waals surface area contributed by atoms with Gasteiger partial charge in [-0.25, -0.2) is 13.4 Å². The van der Waals surface area contributed by atoms with E-state index < -0.39 is 10.0 Å². The van der Waals surface area contributed by atoms with Crippen molar-refractivity contribution in [1.29, 1.82) is 0 Å². The van der Waals surface area contributed by atoms with Crippen molar-refractivity contribution in [2.75, 3.05) is 25.6 Å². The number of sulfonamides is 1. The van der Waals surface area contributed by atoms with Gasteiger partial charge < -0.3 is 0 Å². The van der Waals surface area contributed by atoms with Crippen molar-refractivity contribution in [1.82, 2.24) is 9.45 Å². The SMILES string of the molecule is CCN(C(=O)c1ccc(S(=O)(=O)N(C)OC)cc1)c1ccc(Br)cn1. The van der Waals surface area contributed by atoms with Gasteiger partial charge in [0.1, 0.15) is 5.82 Å². The number of halogens is 1. The van der Waals surface area contributed by atoms with Crippen LogP contribution in [-0.4, -0.2) is 44.5 Å². The maximum absolute atomic E-state index is 12.7. The molecular weight excluding hydrogens is 410 g/mol. The van der Waals surface area contributed by atoms with E-state index in [1.54, 1.807) is 18.3 Å². The van der Waals surface area contributed by atoms with Crippen LogP contribution in [0.4, 0.5) is 5.82 Å². The zero-order valence-electron chi connectivity index (χ0n) is 14.0. The van der Waals surface area contributed by atoms with Crippen molar-refractivity contribution in [3.05, 3.63) is 52.6 Å². The van der Waals surface area contributed by atoms with Crippen LogP contribution in [0.1, 0.15) is 17.3 Å². The highest BCUT2D eigenvalue weighted by atomic mass is 79.9. The van der Waals surface area contributed by atoms with E-state index in [2.05, 4.69) is 20.9 Å². The normalized spacial score (nSPS) is 11.6. The van der Waals surface area contributed by atoms with Gasteiger partial charge in [0, 0.05) is 29.8 Å². The van der Waals surface area contributed by atoms with Gasteiger partial charge >= 0.3 is 0 Å². The number of aromatic nitrogens is 1. The van der Waals surface area contributed by atoms with Gasteiger partial charge in [0.25, 0.3) is 15.9 Å². The maximum Gasteiger partial charge on any atom is 0.264 e. The predicted molar refractivity (Wildman–Crippen MR) is 97.7 cm³/mol. The van der Waals surface area contributed by atoms with Crippen LogP contribution in [0, 0.1) is 0 Å². The van der Waals surface area contributed by atoms with Gasteiger partial charge in [-0.05, 0) is 59.3 Å². The Hall–Kier alpha value is -1.81. The minimum absolute atomic E-state index is 0.0400. The molecular formula is C16H18BrN3O4S. The van der Waals surface area contributed by atoms with Crippen LogP contribution in [0.15, 0.2) is 52.0 Å².